The molecule has 0 aromatic rings. The van der Waals surface area contributed by atoms with Crippen LogP contribution < -0.4 is 0 Å². The number of alkyl halides is 27. The van der Waals surface area contributed by atoms with E-state index in [1.165, 1.54) is 32.1 Å². The van der Waals surface area contributed by atoms with Crippen LogP contribution in [0.4, 0.5) is 119 Å². The van der Waals surface area contributed by atoms with E-state index in [0.29, 0.717) is 62.7 Å². The van der Waals surface area contributed by atoms with Crippen molar-refractivity contribution in [3.63, 3.8) is 0 Å². The summed E-state index contributed by atoms with van der Waals surface area (Å²) < 4.78 is 338. The molecule has 27 heteroatoms. The maximum Gasteiger partial charge on any atom is 0.403 e. The van der Waals surface area contributed by atoms with Crippen LogP contribution in [-0.2, 0) is 0 Å². The molecule has 95 heavy (non-hydrogen) atoms. The van der Waals surface area contributed by atoms with Crippen LogP contribution in [0.15, 0.2) is 0 Å². The van der Waals surface area contributed by atoms with Crippen LogP contribution in [0.1, 0.15) is 275 Å². The molecule has 0 aromatic carbocycles. The van der Waals surface area contributed by atoms with Gasteiger partial charge in [-0.05, 0) is 218 Å². The first-order chi connectivity index (χ1) is 42.4. The molecule has 3 unspecified atom stereocenters. The van der Waals surface area contributed by atoms with Gasteiger partial charge in [-0.1, -0.05) is 121 Å². The largest absolute Gasteiger partial charge is 0.403 e. The Bertz CT molecular complexity index is 2100. The minimum Gasteiger partial charge on any atom is -0.171 e. The second-order valence-electron chi connectivity index (χ2n) is 30.9. The van der Waals surface area contributed by atoms with Crippen molar-refractivity contribution in [1.29, 1.82) is 0 Å². The molecular formula is C68H107F27. The molecule has 10 rings (SSSR count). The highest BCUT2D eigenvalue weighted by molar-refractivity contribution is 5.03. The Morgan fingerprint density at radius 2 is 0.642 bits per heavy atom. The SMILES string of the molecule is C.CC1CCC(C(F)(F)F)(C(F)(F)F)CC1.CC1CCC(C(F)(F)F)CC1.CC1CCC(C(F)(F)F)C[C@@H]1C.CC1CCC2(CC1)CCC(C(F)(F)F)(C(F)(F)F)CC2.C[C@@H]1CCCC(C(F)(F)F)C1.C[C@@H]1CCCCC1(C(F)(F)F)C(F)(F)F.C[C@H]1CC2CCC1(C)CC2. The van der Waals surface area contributed by atoms with E-state index in [2.05, 4.69) is 20.8 Å². The standard InChI is InChI=1S/C14H20F6.C10H18.2C9H12F6.C9H15F3.2C8H13F3.CH4/c1-10-2-4-11(5-3-10)6-8-12(9-7-11,13(15,16)17)14(18,19)20;1-8-7-9-3-5-10(8,2)6-4-9;1-6-2-4-7(5-3-6,8(10,11)12)9(13,14)15;1-6-4-2-3-5-7(6,8(10,11)12)9(13,14)15;1-6-3-4-8(5-7(6)2)9(10,11)12;1-6-2-4-7(5-3-6)8(9,10)11;1-6-3-2-4-7(5-6)8(9,10)11;/h10H,2-9H2,1H3;8-9H,3-7H2,1-2H3;2*6H,2-5H2,1H3;6-8H,3-5H2,1-2H3;2*6-7H,2-5H2,1H3;1H4/t;8-,9?,10?;;6-;6?,7-,8?;;6-,7?;/m.0.10.1./s1. The van der Waals surface area contributed by atoms with E-state index in [-0.39, 0.29) is 69.1 Å². The molecule has 0 saturated heterocycles. The Hall–Kier alpha value is -1.89. The first-order valence-corrected chi connectivity index (χ1v) is 34.0. The number of hydrogen-bond acceptors (Lipinski definition) is 0. The molecule has 10 saturated carbocycles. The van der Waals surface area contributed by atoms with Crippen LogP contribution >= 0.6 is 0 Å². The van der Waals surface area contributed by atoms with Gasteiger partial charge < -0.3 is 0 Å². The minimum atomic E-state index is -5.20. The van der Waals surface area contributed by atoms with Gasteiger partial charge in [0.2, 0.25) is 0 Å². The van der Waals surface area contributed by atoms with Crippen molar-refractivity contribution in [2.24, 2.45) is 98.1 Å². The maximum atomic E-state index is 13.0. The van der Waals surface area contributed by atoms with Gasteiger partial charge in [-0.15, -0.1) is 0 Å². The fraction of sp³-hybridized carbons (Fsp3) is 1.00. The van der Waals surface area contributed by atoms with Crippen molar-refractivity contribution in [2.45, 2.75) is 331 Å². The van der Waals surface area contributed by atoms with Gasteiger partial charge in [-0.2, -0.15) is 119 Å². The summed E-state index contributed by atoms with van der Waals surface area (Å²) in [6, 6.07) is 0. The van der Waals surface area contributed by atoms with Gasteiger partial charge in [0.25, 0.3) is 0 Å². The van der Waals surface area contributed by atoms with E-state index < -0.39 is 128 Å². The van der Waals surface area contributed by atoms with Crippen molar-refractivity contribution >= 4 is 0 Å². The third-order valence-electron chi connectivity index (χ3n) is 24.2. The molecule has 10 aliphatic rings. The predicted octanol–water partition coefficient (Wildman–Crippen LogP) is 28.7. The summed E-state index contributed by atoms with van der Waals surface area (Å²) in [7, 11) is 0. The average Bonchev–Trinajstić information content (AvgIpc) is 0.751. The van der Waals surface area contributed by atoms with Gasteiger partial charge >= 0.3 is 55.6 Å². The van der Waals surface area contributed by atoms with E-state index in [1.54, 1.807) is 6.92 Å². The minimum absolute atomic E-state index is 0. The fourth-order valence-electron chi connectivity index (χ4n) is 16.2. The lowest BCUT2D eigenvalue weighted by atomic mass is 9.57. The molecule has 1 spiro atoms. The lowest BCUT2D eigenvalue weighted by Gasteiger charge is -2.49. The van der Waals surface area contributed by atoms with Crippen molar-refractivity contribution in [3.05, 3.63) is 0 Å². The molecule has 2 bridgehead atoms. The van der Waals surface area contributed by atoms with Gasteiger partial charge in [0, 0.05) is 0 Å². The quantitative estimate of drug-likeness (QED) is 0.212. The van der Waals surface area contributed by atoms with E-state index in [4.69, 9.17) is 0 Å². The summed E-state index contributed by atoms with van der Waals surface area (Å²) >= 11 is 0. The van der Waals surface area contributed by atoms with E-state index in [0.717, 1.165) is 82.0 Å². The van der Waals surface area contributed by atoms with E-state index >= 15 is 0 Å². The van der Waals surface area contributed by atoms with Crippen molar-refractivity contribution in [2.75, 3.05) is 0 Å². The zero-order chi connectivity index (χ0) is 72.6. The van der Waals surface area contributed by atoms with Crippen LogP contribution in [0.2, 0.25) is 0 Å². The predicted molar refractivity (Wildman–Crippen MR) is 314 cm³/mol. The van der Waals surface area contributed by atoms with Gasteiger partial charge in [0.15, 0.2) is 16.2 Å². The molecule has 568 valence electrons. The molecule has 0 aromatic heterocycles. The van der Waals surface area contributed by atoms with Crippen molar-refractivity contribution in [3.8, 4) is 0 Å². The molecular weight excluding hydrogens is 1330 g/mol. The summed E-state index contributed by atoms with van der Waals surface area (Å²) in [5.41, 5.74) is -9.96. The lowest BCUT2D eigenvalue weighted by molar-refractivity contribution is -0.364. The summed E-state index contributed by atoms with van der Waals surface area (Å²) in [4.78, 5) is 0. The number of rotatable bonds is 0. The van der Waals surface area contributed by atoms with Crippen molar-refractivity contribution in [1.82, 2.24) is 0 Å². The van der Waals surface area contributed by atoms with E-state index in [1.807, 2.05) is 27.7 Å². The lowest BCUT2D eigenvalue weighted by Crippen LogP contribution is -2.55. The molecule has 0 radical (unpaired) electrons. The third kappa shape index (κ3) is 23.8. The zero-order valence-electron chi connectivity index (χ0n) is 55.8. The third-order valence-corrected chi connectivity index (χ3v) is 24.2. The highest BCUT2D eigenvalue weighted by atomic mass is 19.4. The summed E-state index contributed by atoms with van der Waals surface area (Å²) in [5.74, 6) is -0.407. The number of fused-ring (bicyclic) bond motifs is 3. The smallest absolute Gasteiger partial charge is 0.171 e. The van der Waals surface area contributed by atoms with E-state index in [9.17, 15) is 119 Å². The molecule has 7 atom stereocenters. The second-order valence-corrected chi connectivity index (χ2v) is 30.9. The maximum absolute atomic E-state index is 13.0. The molecule has 0 aliphatic heterocycles. The Balaban J connectivity index is 0.000000381. The summed E-state index contributed by atoms with van der Waals surface area (Å²) in [6.07, 6.45) is -29.7. The Kier molecular flexibility index (Phi) is 31.9. The monoisotopic (exact) mass is 1440 g/mol. The Morgan fingerprint density at radius 1 is 0.263 bits per heavy atom. The van der Waals surface area contributed by atoms with Gasteiger partial charge in [0.1, 0.15) is 0 Å². The Morgan fingerprint density at radius 3 is 0.958 bits per heavy atom. The molecule has 0 N–H and O–H groups in total. The van der Waals surface area contributed by atoms with Gasteiger partial charge in [0.05, 0.1) is 17.8 Å². The molecule has 10 fully saturated rings. The average molecular weight is 1440 g/mol. The van der Waals surface area contributed by atoms with Crippen LogP contribution in [0.5, 0.6) is 0 Å². The number of halogens is 27. The Labute approximate surface area is 546 Å². The molecule has 10 aliphatic carbocycles. The highest BCUT2D eigenvalue weighted by Gasteiger charge is 2.74. The summed E-state index contributed by atoms with van der Waals surface area (Å²) in [6.45, 7) is 17.6. The van der Waals surface area contributed by atoms with Gasteiger partial charge in [-0.3, -0.25) is 0 Å². The molecule has 0 nitrogen and oxygen atoms in total. The zero-order valence-corrected chi connectivity index (χ0v) is 55.8. The van der Waals surface area contributed by atoms with Crippen LogP contribution in [0, 0.1) is 98.1 Å². The topological polar surface area (TPSA) is 0 Å². The first kappa shape index (κ1) is 89.2. The van der Waals surface area contributed by atoms with Crippen molar-refractivity contribution < 1.29 is 119 Å². The fourth-order valence-corrected chi connectivity index (χ4v) is 16.2. The van der Waals surface area contributed by atoms with Gasteiger partial charge in [-0.25, -0.2) is 0 Å². The molecule has 0 amide bonds. The first-order valence-electron chi connectivity index (χ1n) is 34.0. The highest BCUT2D eigenvalue weighted by Crippen LogP contribution is 2.65. The normalized spacial score (nSPS) is 32.3. The van der Waals surface area contributed by atoms with Crippen LogP contribution in [-0.4, -0.2) is 55.6 Å². The van der Waals surface area contributed by atoms with Crippen LogP contribution in [0.3, 0.4) is 0 Å². The van der Waals surface area contributed by atoms with Crippen LogP contribution in [0.25, 0.3) is 0 Å². The molecule has 0 heterocycles. The second kappa shape index (κ2) is 33.9. The summed E-state index contributed by atoms with van der Waals surface area (Å²) in [5, 5.41) is 0. The number of hydrogen-bond donors (Lipinski definition) is 0.